The number of benzene rings is 1. The Bertz CT molecular complexity index is 799. The molecule has 0 bridgehead atoms. The first-order valence-corrected chi connectivity index (χ1v) is 9.55. The average molecular weight is 373 g/mol. The number of amides is 1. The maximum absolute atomic E-state index is 12.2. The van der Waals surface area contributed by atoms with Gasteiger partial charge in [0.1, 0.15) is 10.6 Å². The number of rotatable bonds is 6. The van der Waals surface area contributed by atoms with E-state index in [1.165, 1.54) is 21.8 Å². The highest BCUT2D eigenvalue weighted by Gasteiger charge is 2.21. The molecule has 0 unspecified atom stereocenters. The van der Waals surface area contributed by atoms with E-state index in [-0.39, 0.29) is 12.5 Å². The van der Waals surface area contributed by atoms with Crippen LogP contribution in [0.5, 0.6) is 5.75 Å². The fourth-order valence-corrected chi connectivity index (χ4v) is 4.14. The van der Waals surface area contributed by atoms with Crippen LogP contribution in [0.15, 0.2) is 30.3 Å². The number of fused-ring (bicyclic) bond motifs is 1. The normalized spacial score (nSPS) is 15.8. The van der Waals surface area contributed by atoms with Gasteiger partial charge in [-0.15, -0.1) is 11.3 Å². The van der Waals surface area contributed by atoms with E-state index >= 15 is 0 Å². The van der Waals surface area contributed by atoms with E-state index in [0.29, 0.717) is 17.3 Å². The van der Waals surface area contributed by atoms with Crippen LogP contribution in [0, 0.1) is 5.92 Å². The first kappa shape index (κ1) is 18.5. The minimum Gasteiger partial charge on any atom is -0.497 e. The van der Waals surface area contributed by atoms with Crippen LogP contribution in [0.25, 0.3) is 0 Å². The summed E-state index contributed by atoms with van der Waals surface area (Å²) in [6, 6.07) is 9.37. The fraction of sp³-hybridized carbons (Fsp3) is 0.400. The number of carbonyl (C=O) groups is 2. The Hall–Kier alpha value is -2.34. The number of nitrogens with one attached hydrogen (secondary N) is 1. The molecule has 5 nitrogen and oxygen atoms in total. The number of methoxy groups -OCH3 is 1. The Morgan fingerprint density at radius 1 is 1.31 bits per heavy atom. The second-order valence-corrected chi connectivity index (χ2v) is 7.75. The van der Waals surface area contributed by atoms with Gasteiger partial charge in [-0.1, -0.05) is 19.1 Å². The second-order valence-electron chi connectivity index (χ2n) is 6.61. The molecule has 6 heteroatoms. The molecule has 26 heavy (non-hydrogen) atoms. The maximum Gasteiger partial charge on any atom is 0.348 e. The summed E-state index contributed by atoms with van der Waals surface area (Å²) in [5.74, 6) is 0.646. The first-order valence-electron chi connectivity index (χ1n) is 8.73. The molecule has 2 aromatic rings. The molecule has 0 fully saturated rings. The summed E-state index contributed by atoms with van der Waals surface area (Å²) in [6.45, 7) is 2.31. The van der Waals surface area contributed by atoms with Crippen molar-refractivity contribution in [2.45, 2.75) is 32.7 Å². The molecule has 0 saturated carbocycles. The van der Waals surface area contributed by atoms with Gasteiger partial charge < -0.3 is 14.8 Å². The van der Waals surface area contributed by atoms with Crippen molar-refractivity contribution in [3.05, 3.63) is 51.2 Å². The van der Waals surface area contributed by atoms with E-state index in [9.17, 15) is 9.59 Å². The lowest BCUT2D eigenvalue weighted by Gasteiger charge is -2.16. The van der Waals surface area contributed by atoms with E-state index in [1.807, 2.05) is 30.3 Å². The Morgan fingerprint density at radius 2 is 2.15 bits per heavy atom. The minimum absolute atomic E-state index is 0.276. The number of hydrogen-bond acceptors (Lipinski definition) is 5. The molecule has 138 valence electrons. The molecule has 1 heterocycles. The van der Waals surface area contributed by atoms with Gasteiger partial charge in [-0.25, -0.2) is 4.79 Å². The summed E-state index contributed by atoms with van der Waals surface area (Å²) in [7, 11) is 1.60. The molecule has 1 atom stereocenters. The zero-order valence-corrected chi connectivity index (χ0v) is 15.9. The van der Waals surface area contributed by atoms with Crippen LogP contribution in [0.4, 0.5) is 0 Å². The van der Waals surface area contributed by atoms with Crippen LogP contribution in [0.3, 0.4) is 0 Å². The first-order chi connectivity index (χ1) is 12.5. The highest BCUT2D eigenvalue weighted by Crippen LogP contribution is 2.32. The summed E-state index contributed by atoms with van der Waals surface area (Å²) >= 11 is 1.49. The van der Waals surface area contributed by atoms with Crippen molar-refractivity contribution in [2.75, 3.05) is 13.7 Å². The number of hydrogen-bond donors (Lipinski definition) is 1. The molecule has 1 aromatic carbocycles. The third-order valence-corrected chi connectivity index (χ3v) is 5.71. The zero-order chi connectivity index (χ0) is 18.5. The minimum atomic E-state index is -0.423. The summed E-state index contributed by atoms with van der Waals surface area (Å²) in [4.78, 5) is 26.0. The monoisotopic (exact) mass is 373 g/mol. The van der Waals surface area contributed by atoms with E-state index in [2.05, 4.69) is 12.2 Å². The average Bonchev–Trinajstić information content (AvgIpc) is 3.07. The van der Waals surface area contributed by atoms with Crippen molar-refractivity contribution in [1.82, 2.24) is 5.32 Å². The maximum atomic E-state index is 12.2. The molecule has 1 N–H and O–H groups in total. The molecule has 0 radical (unpaired) electrons. The van der Waals surface area contributed by atoms with Crippen molar-refractivity contribution in [2.24, 2.45) is 5.92 Å². The second kappa shape index (κ2) is 8.36. The summed E-state index contributed by atoms with van der Waals surface area (Å²) < 4.78 is 10.3. The highest BCUT2D eigenvalue weighted by atomic mass is 32.1. The topological polar surface area (TPSA) is 64.6 Å². The van der Waals surface area contributed by atoms with E-state index in [1.54, 1.807) is 7.11 Å². The van der Waals surface area contributed by atoms with Gasteiger partial charge >= 0.3 is 5.97 Å². The lowest BCUT2D eigenvalue weighted by Crippen LogP contribution is -2.28. The third kappa shape index (κ3) is 4.64. The molecule has 3 rings (SSSR count). The lowest BCUT2D eigenvalue weighted by atomic mass is 9.90. The van der Waals surface area contributed by atoms with Gasteiger partial charge in [0.25, 0.3) is 5.91 Å². The van der Waals surface area contributed by atoms with Crippen LogP contribution in [0.1, 0.15) is 39.0 Å². The molecule has 1 aliphatic carbocycles. The van der Waals surface area contributed by atoms with Gasteiger partial charge in [0.15, 0.2) is 6.61 Å². The van der Waals surface area contributed by atoms with Crippen molar-refractivity contribution in [3.8, 4) is 5.75 Å². The molecular weight excluding hydrogens is 350 g/mol. The van der Waals surface area contributed by atoms with Gasteiger partial charge in [0.05, 0.1) is 7.11 Å². The van der Waals surface area contributed by atoms with Crippen LogP contribution in [0.2, 0.25) is 0 Å². The Morgan fingerprint density at radius 3 is 2.96 bits per heavy atom. The quantitative estimate of drug-likeness (QED) is 0.789. The summed E-state index contributed by atoms with van der Waals surface area (Å²) in [5.41, 5.74) is 2.17. The van der Waals surface area contributed by atoms with Gasteiger partial charge in [0, 0.05) is 11.4 Å². The predicted octanol–water partition coefficient (Wildman–Crippen LogP) is 3.35. The van der Waals surface area contributed by atoms with Gasteiger partial charge in [0.2, 0.25) is 0 Å². The number of aryl methyl sites for hydroxylation is 1. The number of carbonyl (C=O) groups excluding carboxylic acids is 2. The Balaban J connectivity index is 1.47. The van der Waals surface area contributed by atoms with Crippen molar-refractivity contribution < 1.29 is 19.1 Å². The van der Waals surface area contributed by atoms with Gasteiger partial charge in [-0.05, 0) is 54.5 Å². The molecule has 0 aliphatic heterocycles. The number of thiophene rings is 1. The molecule has 0 saturated heterocycles. The predicted molar refractivity (Wildman–Crippen MR) is 101 cm³/mol. The molecule has 0 spiro atoms. The van der Waals surface area contributed by atoms with Gasteiger partial charge in [-0.3, -0.25) is 4.79 Å². The number of esters is 1. The molecule has 1 amide bonds. The lowest BCUT2D eigenvalue weighted by molar-refractivity contribution is -0.124. The van der Waals surface area contributed by atoms with Crippen LogP contribution >= 0.6 is 11.3 Å². The molecule has 1 aromatic heterocycles. The standard InChI is InChI=1S/C20H23NO4S/c1-13-6-7-17-15(8-13)10-18(26-17)20(23)25-12-19(22)21-11-14-4-3-5-16(9-14)24-2/h3-5,9-10,13H,6-8,11-12H2,1-2H3,(H,21,22)/t13-/m1/s1. The van der Waals surface area contributed by atoms with E-state index < -0.39 is 5.97 Å². The smallest absolute Gasteiger partial charge is 0.348 e. The SMILES string of the molecule is COc1cccc(CNC(=O)COC(=O)c2cc3c(s2)CC[C@@H](C)C3)c1. The van der Waals surface area contributed by atoms with E-state index in [4.69, 9.17) is 9.47 Å². The molecular formula is C20H23NO4S. The third-order valence-electron chi connectivity index (χ3n) is 4.49. The van der Waals surface area contributed by atoms with Crippen LogP contribution in [-0.4, -0.2) is 25.6 Å². The van der Waals surface area contributed by atoms with Gasteiger partial charge in [-0.2, -0.15) is 0 Å². The van der Waals surface area contributed by atoms with Crippen LogP contribution in [-0.2, 0) is 28.9 Å². The zero-order valence-electron chi connectivity index (χ0n) is 15.0. The van der Waals surface area contributed by atoms with E-state index in [0.717, 1.165) is 30.6 Å². The fourth-order valence-electron chi connectivity index (χ4n) is 3.04. The highest BCUT2D eigenvalue weighted by molar-refractivity contribution is 7.14. The Labute approximate surface area is 157 Å². The van der Waals surface area contributed by atoms with Crippen molar-refractivity contribution in [1.29, 1.82) is 0 Å². The Kier molecular flexibility index (Phi) is 5.93. The van der Waals surface area contributed by atoms with Crippen molar-refractivity contribution >= 4 is 23.2 Å². The number of ether oxygens (including phenoxy) is 2. The largest absolute Gasteiger partial charge is 0.497 e. The van der Waals surface area contributed by atoms with Crippen molar-refractivity contribution in [3.63, 3.8) is 0 Å². The summed E-state index contributed by atoms with van der Waals surface area (Å²) in [6.07, 6.45) is 3.20. The molecule has 1 aliphatic rings. The van der Waals surface area contributed by atoms with Crippen LogP contribution < -0.4 is 10.1 Å². The summed E-state index contributed by atoms with van der Waals surface area (Å²) in [5, 5.41) is 2.74.